The zero-order valence-electron chi connectivity index (χ0n) is 32.6. The number of hydrogen-bond donors (Lipinski definition) is 0. The summed E-state index contributed by atoms with van der Waals surface area (Å²) >= 11 is 3.73. The van der Waals surface area contributed by atoms with Crippen molar-refractivity contribution in [3.05, 3.63) is 211 Å². The van der Waals surface area contributed by atoms with Gasteiger partial charge in [-0.1, -0.05) is 134 Å². The molecule has 2 atom stereocenters. The minimum atomic E-state index is 0.381. The van der Waals surface area contributed by atoms with E-state index < -0.39 is 0 Å². The summed E-state index contributed by atoms with van der Waals surface area (Å²) in [6.07, 6.45) is 0.997. The fraction of sp³-hybridized carbons (Fsp3) is 0.0714. The summed E-state index contributed by atoms with van der Waals surface area (Å²) in [4.78, 5) is 2.44. The van der Waals surface area contributed by atoms with Crippen LogP contribution in [-0.2, 0) is 6.42 Å². The normalized spacial score (nSPS) is 15.1. The molecule has 0 spiro atoms. The van der Waals surface area contributed by atoms with Crippen LogP contribution in [0.5, 0.6) is 0 Å². The lowest BCUT2D eigenvalue weighted by atomic mass is 9.80. The van der Waals surface area contributed by atoms with Crippen molar-refractivity contribution < 1.29 is 0 Å². The van der Waals surface area contributed by atoms with Crippen LogP contribution in [0.1, 0.15) is 35.4 Å². The average molecular weight is 790 g/mol. The highest BCUT2D eigenvalue weighted by molar-refractivity contribution is 7.26. The van der Waals surface area contributed by atoms with E-state index in [9.17, 15) is 0 Å². The Balaban J connectivity index is 1.03. The molecule has 0 radical (unpaired) electrons. The van der Waals surface area contributed by atoms with E-state index in [-0.39, 0.29) is 0 Å². The third-order valence-electron chi connectivity index (χ3n) is 12.8. The van der Waals surface area contributed by atoms with Crippen LogP contribution >= 0.6 is 22.7 Å². The van der Waals surface area contributed by atoms with Gasteiger partial charge in [-0.3, -0.25) is 0 Å². The first-order chi connectivity index (χ1) is 29.2. The van der Waals surface area contributed by atoms with Gasteiger partial charge >= 0.3 is 0 Å². The molecule has 0 N–H and O–H groups in total. The van der Waals surface area contributed by atoms with Gasteiger partial charge in [0.15, 0.2) is 0 Å². The second kappa shape index (κ2) is 13.8. The number of hydrogen-bond acceptors (Lipinski definition) is 3. The van der Waals surface area contributed by atoms with Gasteiger partial charge in [0.2, 0.25) is 0 Å². The van der Waals surface area contributed by atoms with Crippen LogP contribution in [0.15, 0.2) is 194 Å². The lowest BCUT2D eigenvalue weighted by molar-refractivity contribution is 0.581. The zero-order chi connectivity index (χ0) is 39.0. The molecule has 1 aliphatic rings. The maximum Gasteiger partial charge on any atom is 0.0468 e. The van der Waals surface area contributed by atoms with Gasteiger partial charge in [-0.25, -0.2) is 0 Å². The van der Waals surface area contributed by atoms with Crippen molar-refractivity contribution in [1.29, 1.82) is 0 Å². The SMILES string of the molecule is CC1c2ccccc2-c2cc(-c3ccc(N(c4ccc5sc6ccccc6c5c4)c4ccc5sc6ccccc6c5c4)cc3)c3ccccc3c2CC1c1ccccc1. The Kier molecular flexibility index (Phi) is 8.08. The maximum atomic E-state index is 2.49. The largest absolute Gasteiger partial charge is 0.310 e. The van der Waals surface area contributed by atoms with Gasteiger partial charge in [0.05, 0.1) is 0 Å². The smallest absolute Gasteiger partial charge is 0.0468 e. The Morgan fingerprint density at radius 3 is 1.59 bits per heavy atom. The minimum absolute atomic E-state index is 0.381. The zero-order valence-corrected chi connectivity index (χ0v) is 34.2. The van der Waals surface area contributed by atoms with Crippen LogP contribution in [-0.4, -0.2) is 0 Å². The Labute approximate surface area is 352 Å². The van der Waals surface area contributed by atoms with Crippen molar-refractivity contribution in [2.75, 3.05) is 4.90 Å². The predicted molar refractivity (Wildman–Crippen MR) is 257 cm³/mol. The molecule has 0 amide bonds. The molecule has 2 unspecified atom stereocenters. The van der Waals surface area contributed by atoms with Gasteiger partial charge in [0.1, 0.15) is 0 Å². The average Bonchev–Trinajstić information content (AvgIpc) is 3.83. The van der Waals surface area contributed by atoms with E-state index in [1.807, 2.05) is 22.7 Å². The molecule has 0 fully saturated rings. The van der Waals surface area contributed by atoms with Crippen molar-refractivity contribution in [2.45, 2.75) is 25.2 Å². The summed E-state index contributed by atoms with van der Waals surface area (Å²) in [7, 11) is 0. The van der Waals surface area contributed by atoms with Gasteiger partial charge < -0.3 is 4.90 Å². The van der Waals surface area contributed by atoms with Crippen LogP contribution < -0.4 is 4.90 Å². The quantitative estimate of drug-likeness (QED) is 0.168. The highest BCUT2D eigenvalue weighted by Gasteiger charge is 2.30. The molecule has 2 heterocycles. The summed E-state index contributed by atoms with van der Waals surface area (Å²) in [5.74, 6) is 0.766. The van der Waals surface area contributed by atoms with Crippen molar-refractivity contribution in [3.8, 4) is 22.3 Å². The molecule has 59 heavy (non-hydrogen) atoms. The molecule has 0 saturated heterocycles. The van der Waals surface area contributed by atoms with E-state index >= 15 is 0 Å². The van der Waals surface area contributed by atoms with Gasteiger partial charge in [-0.15, -0.1) is 22.7 Å². The molecule has 3 heteroatoms. The highest BCUT2D eigenvalue weighted by Crippen LogP contribution is 2.49. The minimum Gasteiger partial charge on any atom is -0.310 e. The molecular formula is C56H39NS2. The summed E-state index contributed by atoms with van der Waals surface area (Å²) in [5, 5.41) is 7.87. The lowest BCUT2D eigenvalue weighted by Gasteiger charge is -2.26. The van der Waals surface area contributed by atoms with Gasteiger partial charge in [0, 0.05) is 57.4 Å². The fourth-order valence-corrected chi connectivity index (χ4v) is 12.1. The van der Waals surface area contributed by atoms with E-state index in [0.717, 1.165) is 23.5 Å². The Morgan fingerprint density at radius 1 is 0.407 bits per heavy atom. The monoisotopic (exact) mass is 789 g/mol. The second-order valence-electron chi connectivity index (χ2n) is 16.0. The summed E-state index contributed by atoms with van der Waals surface area (Å²) in [6, 6.07) is 72.7. The number of rotatable bonds is 5. The number of anilines is 3. The molecule has 1 nitrogen and oxygen atoms in total. The lowest BCUT2D eigenvalue weighted by Crippen LogP contribution is -2.10. The Morgan fingerprint density at radius 2 is 0.932 bits per heavy atom. The number of benzene rings is 9. The fourth-order valence-electron chi connectivity index (χ4n) is 9.94. The topological polar surface area (TPSA) is 3.24 Å². The molecule has 1 aliphatic carbocycles. The molecule has 2 aromatic heterocycles. The third kappa shape index (κ3) is 5.64. The van der Waals surface area contributed by atoms with E-state index in [1.54, 1.807) is 0 Å². The molecule has 0 bridgehead atoms. The molecule has 12 rings (SSSR count). The first-order valence-corrected chi connectivity index (χ1v) is 22.2. The molecule has 0 aliphatic heterocycles. The van der Waals surface area contributed by atoms with E-state index in [2.05, 4.69) is 206 Å². The molecular weight excluding hydrogens is 751 g/mol. The summed E-state index contributed by atoms with van der Waals surface area (Å²) in [5.41, 5.74) is 12.9. The van der Waals surface area contributed by atoms with Crippen molar-refractivity contribution in [3.63, 3.8) is 0 Å². The maximum absolute atomic E-state index is 2.49. The van der Waals surface area contributed by atoms with Crippen molar-refractivity contribution in [1.82, 2.24) is 0 Å². The van der Waals surface area contributed by atoms with Crippen LogP contribution in [0.2, 0.25) is 0 Å². The van der Waals surface area contributed by atoms with Crippen molar-refractivity contribution >= 4 is 90.9 Å². The third-order valence-corrected chi connectivity index (χ3v) is 15.1. The van der Waals surface area contributed by atoms with Gasteiger partial charge in [0.25, 0.3) is 0 Å². The standard InChI is InChI=1S/C56H39NS2/c1-35-41-15-5-6-16-42(41)50-34-48(43-17-7-8-18-44(43)49(50)33-47(35)36-13-3-2-4-14-36)37-23-25-38(26-24-37)57(39-27-29-55-51(31-39)45-19-9-11-21-53(45)58-55)40-28-30-56-52(32-40)46-20-10-12-22-54(46)59-56/h2-32,34-35,47H,33H2,1H3. The highest BCUT2D eigenvalue weighted by atomic mass is 32.1. The van der Waals surface area contributed by atoms with Crippen LogP contribution in [0.3, 0.4) is 0 Å². The number of nitrogens with zero attached hydrogens (tertiary/aromatic N) is 1. The second-order valence-corrected chi connectivity index (χ2v) is 18.2. The summed E-state index contributed by atoms with van der Waals surface area (Å²) < 4.78 is 5.26. The molecule has 9 aromatic carbocycles. The number of thiophene rings is 2. The first kappa shape index (κ1) is 34.5. The van der Waals surface area contributed by atoms with Gasteiger partial charge in [-0.05, 0) is 135 Å². The van der Waals surface area contributed by atoms with Crippen molar-refractivity contribution in [2.24, 2.45) is 0 Å². The van der Waals surface area contributed by atoms with Crippen LogP contribution in [0.4, 0.5) is 17.1 Å². The molecule has 0 saturated carbocycles. The van der Waals surface area contributed by atoms with E-state index in [4.69, 9.17) is 0 Å². The Bertz CT molecular complexity index is 3280. The summed E-state index contributed by atoms with van der Waals surface area (Å²) in [6.45, 7) is 2.42. The predicted octanol–water partition coefficient (Wildman–Crippen LogP) is 16.8. The first-order valence-electron chi connectivity index (χ1n) is 20.6. The van der Waals surface area contributed by atoms with Crippen LogP contribution in [0.25, 0.3) is 73.4 Å². The number of fused-ring (bicyclic) bond motifs is 11. The van der Waals surface area contributed by atoms with Crippen LogP contribution in [0, 0.1) is 0 Å². The Hall–Kier alpha value is -6.52. The van der Waals surface area contributed by atoms with E-state index in [0.29, 0.717) is 11.8 Å². The van der Waals surface area contributed by atoms with E-state index in [1.165, 1.54) is 90.1 Å². The molecule has 11 aromatic rings. The van der Waals surface area contributed by atoms with Gasteiger partial charge in [-0.2, -0.15) is 0 Å². The molecule has 280 valence electrons.